The van der Waals surface area contributed by atoms with Crippen molar-refractivity contribution in [3.63, 3.8) is 0 Å². The molecule has 2 aromatic carbocycles. The first-order valence-corrected chi connectivity index (χ1v) is 7.03. The molecule has 0 spiro atoms. The van der Waals surface area contributed by atoms with Gasteiger partial charge in [-0.2, -0.15) is 0 Å². The molecular weight excluding hydrogens is 320 g/mol. The van der Waals surface area contributed by atoms with Gasteiger partial charge in [-0.15, -0.1) is 0 Å². The maximum Gasteiger partial charge on any atom is 0.255 e. The maximum atomic E-state index is 13.6. The Morgan fingerprint density at radius 2 is 1.71 bits per heavy atom. The molecule has 5 nitrogen and oxygen atoms in total. The van der Waals surface area contributed by atoms with Crippen molar-refractivity contribution in [2.24, 2.45) is 0 Å². The molecule has 7 heteroatoms. The molecule has 2 aromatic rings. The summed E-state index contributed by atoms with van der Waals surface area (Å²) in [6, 6.07) is 6.10. The van der Waals surface area contributed by atoms with Crippen LogP contribution in [0.2, 0.25) is 0 Å². The van der Waals surface area contributed by atoms with E-state index in [0.29, 0.717) is 5.75 Å². The summed E-state index contributed by atoms with van der Waals surface area (Å²) in [5, 5.41) is 2.52. The van der Waals surface area contributed by atoms with Crippen molar-refractivity contribution in [3.05, 3.63) is 53.1 Å². The second kappa shape index (κ2) is 7.63. The number of amides is 1. The van der Waals surface area contributed by atoms with Crippen LogP contribution in [0.3, 0.4) is 0 Å². The number of benzene rings is 2. The molecule has 0 aliphatic heterocycles. The van der Waals surface area contributed by atoms with Gasteiger partial charge in [0.05, 0.1) is 26.9 Å². The zero-order chi connectivity index (χ0) is 17.7. The molecule has 2 rings (SSSR count). The predicted molar refractivity (Wildman–Crippen MR) is 83.6 cm³/mol. The minimum Gasteiger partial charge on any atom is -0.493 e. The van der Waals surface area contributed by atoms with Gasteiger partial charge in [0.15, 0.2) is 11.5 Å². The highest BCUT2D eigenvalue weighted by atomic mass is 19.1. The number of halogens is 2. The fraction of sp³-hybridized carbons (Fsp3) is 0.235. The summed E-state index contributed by atoms with van der Waals surface area (Å²) < 4.78 is 42.3. The molecule has 0 fully saturated rings. The Labute approximate surface area is 138 Å². The van der Waals surface area contributed by atoms with Crippen molar-refractivity contribution < 1.29 is 27.8 Å². The molecule has 1 amide bonds. The van der Waals surface area contributed by atoms with Gasteiger partial charge >= 0.3 is 0 Å². The van der Waals surface area contributed by atoms with Crippen LogP contribution >= 0.6 is 0 Å². The highest BCUT2D eigenvalue weighted by molar-refractivity contribution is 5.98. The summed E-state index contributed by atoms with van der Waals surface area (Å²) in [4.78, 5) is 12.4. The van der Waals surface area contributed by atoms with E-state index in [1.165, 1.54) is 27.4 Å². The number of ether oxygens (including phenoxy) is 3. The number of hydrogen-bond donors (Lipinski definition) is 1. The number of hydrogen-bond acceptors (Lipinski definition) is 4. The van der Waals surface area contributed by atoms with E-state index in [1.807, 2.05) is 0 Å². The summed E-state index contributed by atoms with van der Waals surface area (Å²) in [7, 11) is 4.27. The molecule has 0 unspecified atom stereocenters. The molecule has 0 radical (unpaired) electrons. The first-order chi connectivity index (χ1) is 11.5. The minimum absolute atomic E-state index is 0.0443. The van der Waals surface area contributed by atoms with Gasteiger partial charge < -0.3 is 19.5 Å². The molecule has 0 aliphatic carbocycles. The van der Waals surface area contributed by atoms with Gasteiger partial charge in [0.1, 0.15) is 11.6 Å². The minimum atomic E-state index is -0.601. The standard InChI is InChI=1S/C17H17F2NO4/c1-22-14-7-5-12(15(23-2)16(14)24-3)17(21)20-9-10-8-11(18)4-6-13(10)19/h4-8H,9H2,1-3H3,(H,20,21). The van der Waals surface area contributed by atoms with E-state index in [9.17, 15) is 13.6 Å². The largest absolute Gasteiger partial charge is 0.493 e. The number of rotatable bonds is 6. The van der Waals surface area contributed by atoms with Crippen LogP contribution in [-0.4, -0.2) is 27.2 Å². The van der Waals surface area contributed by atoms with Gasteiger partial charge in [-0.25, -0.2) is 8.78 Å². The quantitative estimate of drug-likeness (QED) is 0.881. The molecule has 1 N–H and O–H groups in total. The number of carbonyl (C=O) groups is 1. The molecule has 128 valence electrons. The van der Waals surface area contributed by atoms with Crippen LogP contribution in [-0.2, 0) is 6.54 Å². The van der Waals surface area contributed by atoms with Crippen LogP contribution in [0.5, 0.6) is 17.2 Å². The van der Waals surface area contributed by atoms with Crippen LogP contribution in [0.25, 0.3) is 0 Å². The Balaban J connectivity index is 2.25. The Kier molecular flexibility index (Phi) is 5.57. The summed E-state index contributed by atoms with van der Waals surface area (Å²) in [6.45, 7) is -0.167. The summed E-state index contributed by atoms with van der Waals surface area (Å²) >= 11 is 0. The molecule has 24 heavy (non-hydrogen) atoms. The second-order valence-corrected chi connectivity index (χ2v) is 4.80. The lowest BCUT2D eigenvalue weighted by Crippen LogP contribution is -2.24. The molecule has 0 atom stereocenters. The van der Waals surface area contributed by atoms with Crippen molar-refractivity contribution in [3.8, 4) is 17.2 Å². The van der Waals surface area contributed by atoms with E-state index in [1.54, 1.807) is 6.07 Å². The summed E-state index contributed by atoms with van der Waals surface area (Å²) in [5.41, 5.74) is 0.231. The van der Waals surface area contributed by atoms with Gasteiger partial charge in [-0.1, -0.05) is 0 Å². The van der Waals surface area contributed by atoms with Crippen molar-refractivity contribution in [2.45, 2.75) is 6.54 Å². The first kappa shape index (κ1) is 17.5. The average Bonchev–Trinajstić information content (AvgIpc) is 2.60. The third-order valence-corrected chi connectivity index (χ3v) is 3.40. The Hall–Kier alpha value is -2.83. The second-order valence-electron chi connectivity index (χ2n) is 4.80. The van der Waals surface area contributed by atoms with Crippen LogP contribution in [0, 0.1) is 11.6 Å². The van der Waals surface area contributed by atoms with Crippen molar-refractivity contribution in [1.29, 1.82) is 0 Å². The first-order valence-electron chi connectivity index (χ1n) is 7.03. The smallest absolute Gasteiger partial charge is 0.255 e. The van der Waals surface area contributed by atoms with Crippen molar-refractivity contribution >= 4 is 5.91 Å². The van der Waals surface area contributed by atoms with Crippen LogP contribution in [0.15, 0.2) is 30.3 Å². The average molecular weight is 337 g/mol. The van der Waals surface area contributed by atoms with Crippen LogP contribution in [0.4, 0.5) is 8.78 Å². The zero-order valence-electron chi connectivity index (χ0n) is 13.5. The highest BCUT2D eigenvalue weighted by Crippen LogP contribution is 2.39. The monoisotopic (exact) mass is 337 g/mol. The van der Waals surface area contributed by atoms with E-state index in [2.05, 4.69) is 5.32 Å². The zero-order valence-corrected chi connectivity index (χ0v) is 13.5. The molecule has 0 saturated carbocycles. The fourth-order valence-corrected chi connectivity index (χ4v) is 2.23. The SMILES string of the molecule is COc1ccc(C(=O)NCc2cc(F)ccc2F)c(OC)c1OC. The van der Waals surface area contributed by atoms with Gasteiger partial charge in [-0.05, 0) is 30.3 Å². The van der Waals surface area contributed by atoms with E-state index in [-0.39, 0.29) is 29.2 Å². The van der Waals surface area contributed by atoms with Crippen molar-refractivity contribution in [1.82, 2.24) is 5.32 Å². The van der Waals surface area contributed by atoms with Gasteiger partial charge in [0, 0.05) is 12.1 Å². The van der Waals surface area contributed by atoms with E-state index < -0.39 is 17.5 Å². The lowest BCUT2D eigenvalue weighted by molar-refractivity contribution is 0.0946. The lowest BCUT2D eigenvalue weighted by atomic mass is 10.1. The highest BCUT2D eigenvalue weighted by Gasteiger charge is 2.20. The topological polar surface area (TPSA) is 56.8 Å². The molecule has 0 saturated heterocycles. The van der Waals surface area contributed by atoms with Crippen LogP contribution < -0.4 is 19.5 Å². The number of carbonyl (C=O) groups excluding carboxylic acids is 1. The maximum absolute atomic E-state index is 13.6. The molecular formula is C17H17F2NO4. The number of nitrogens with one attached hydrogen (secondary N) is 1. The Morgan fingerprint density at radius 1 is 1.00 bits per heavy atom. The van der Waals surface area contributed by atoms with Crippen LogP contribution in [0.1, 0.15) is 15.9 Å². The summed E-state index contributed by atoms with van der Waals surface area (Å²) in [5.74, 6) is -0.836. The Morgan fingerprint density at radius 3 is 2.33 bits per heavy atom. The summed E-state index contributed by atoms with van der Waals surface area (Å²) in [6.07, 6.45) is 0. The molecule has 0 bridgehead atoms. The molecule has 0 heterocycles. The van der Waals surface area contributed by atoms with Gasteiger partial charge in [0.25, 0.3) is 5.91 Å². The number of methoxy groups -OCH3 is 3. The predicted octanol–water partition coefficient (Wildman–Crippen LogP) is 2.92. The third-order valence-electron chi connectivity index (χ3n) is 3.40. The van der Waals surface area contributed by atoms with Gasteiger partial charge in [0.2, 0.25) is 5.75 Å². The molecule has 0 aromatic heterocycles. The van der Waals surface area contributed by atoms with Crippen molar-refractivity contribution in [2.75, 3.05) is 21.3 Å². The van der Waals surface area contributed by atoms with E-state index in [0.717, 1.165) is 18.2 Å². The van der Waals surface area contributed by atoms with E-state index >= 15 is 0 Å². The fourth-order valence-electron chi connectivity index (χ4n) is 2.23. The lowest BCUT2D eigenvalue weighted by Gasteiger charge is -2.15. The Bertz CT molecular complexity index is 750. The third kappa shape index (κ3) is 3.56. The normalized spacial score (nSPS) is 10.2. The molecule has 0 aliphatic rings. The van der Waals surface area contributed by atoms with Gasteiger partial charge in [-0.3, -0.25) is 4.79 Å². The van der Waals surface area contributed by atoms with E-state index in [4.69, 9.17) is 14.2 Å².